The van der Waals surface area contributed by atoms with Crippen LogP contribution in [0.2, 0.25) is 5.02 Å². The van der Waals surface area contributed by atoms with Crippen molar-refractivity contribution < 1.29 is 4.79 Å². The normalized spacial score (nSPS) is 19.5. The van der Waals surface area contributed by atoms with Crippen LogP contribution in [0.25, 0.3) is 27.7 Å². The van der Waals surface area contributed by atoms with Crippen LogP contribution in [0.1, 0.15) is 24.2 Å². The van der Waals surface area contributed by atoms with Gasteiger partial charge in [0.15, 0.2) is 0 Å². The van der Waals surface area contributed by atoms with E-state index < -0.39 is 0 Å². The van der Waals surface area contributed by atoms with Gasteiger partial charge in [-0.2, -0.15) is 0 Å². The first-order valence-electron chi connectivity index (χ1n) is 10.2. The summed E-state index contributed by atoms with van der Waals surface area (Å²) in [6.07, 6.45) is 3.81. The zero-order valence-corrected chi connectivity index (χ0v) is 17.7. The van der Waals surface area contributed by atoms with Crippen molar-refractivity contribution in [3.8, 4) is 11.4 Å². The summed E-state index contributed by atoms with van der Waals surface area (Å²) < 4.78 is 2.02. The molecule has 152 valence electrons. The van der Waals surface area contributed by atoms with Gasteiger partial charge in [0.25, 0.3) is 5.91 Å². The molecule has 1 amide bonds. The number of carbonyl (C=O) groups is 1. The Morgan fingerprint density at radius 1 is 1.03 bits per heavy atom. The molecule has 6 heteroatoms. The highest BCUT2D eigenvalue weighted by atomic mass is 35.5. The molecule has 1 aliphatic rings. The van der Waals surface area contributed by atoms with E-state index in [1.165, 1.54) is 0 Å². The van der Waals surface area contributed by atoms with Crippen LogP contribution in [0.5, 0.6) is 0 Å². The molecule has 2 aromatic carbocycles. The minimum Gasteiger partial charge on any atom is -0.335 e. The summed E-state index contributed by atoms with van der Waals surface area (Å²) in [6.45, 7) is 5.63. The molecule has 2 atom stereocenters. The zero-order chi connectivity index (χ0) is 20.8. The predicted octanol–water partition coefficient (Wildman–Crippen LogP) is 4.63. The predicted molar refractivity (Wildman–Crippen MR) is 121 cm³/mol. The number of imidazole rings is 1. The number of pyridine rings is 1. The molecule has 1 saturated heterocycles. The Morgan fingerprint density at radius 2 is 1.70 bits per heavy atom. The third-order valence-corrected chi connectivity index (χ3v) is 5.98. The van der Waals surface area contributed by atoms with Crippen LogP contribution in [-0.4, -0.2) is 45.4 Å². The van der Waals surface area contributed by atoms with Crippen molar-refractivity contribution in [1.29, 1.82) is 0 Å². The SMILES string of the molecule is CC1CN(C(=O)c2cn3c(-c4ccc(Cl)cc4)ncc3c3ccccc23)CC(C)N1. The molecule has 4 aromatic rings. The summed E-state index contributed by atoms with van der Waals surface area (Å²) in [6, 6.07) is 16.2. The quantitative estimate of drug-likeness (QED) is 0.516. The van der Waals surface area contributed by atoms with Crippen LogP contribution >= 0.6 is 11.6 Å². The highest BCUT2D eigenvalue weighted by molar-refractivity contribution is 6.30. The molecule has 0 radical (unpaired) electrons. The lowest BCUT2D eigenvalue weighted by Crippen LogP contribution is -2.55. The second kappa shape index (κ2) is 7.42. The number of nitrogens with one attached hydrogen (secondary N) is 1. The van der Waals surface area contributed by atoms with Gasteiger partial charge in [-0.15, -0.1) is 0 Å². The summed E-state index contributed by atoms with van der Waals surface area (Å²) >= 11 is 6.06. The third kappa shape index (κ3) is 3.24. The van der Waals surface area contributed by atoms with Crippen molar-refractivity contribution in [3.63, 3.8) is 0 Å². The molecule has 30 heavy (non-hydrogen) atoms. The molecule has 1 aliphatic heterocycles. The minimum absolute atomic E-state index is 0.0593. The van der Waals surface area contributed by atoms with Gasteiger partial charge >= 0.3 is 0 Å². The summed E-state index contributed by atoms with van der Waals surface area (Å²) in [5.74, 6) is 0.854. The van der Waals surface area contributed by atoms with Gasteiger partial charge in [0.2, 0.25) is 0 Å². The maximum absolute atomic E-state index is 13.6. The van der Waals surface area contributed by atoms with Crippen molar-refractivity contribution in [2.24, 2.45) is 0 Å². The average Bonchev–Trinajstić information content (AvgIpc) is 3.17. The smallest absolute Gasteiger partial charge is 0.256 e. The van der Waals surface area contributed by atoms with Gasteiger partial charge in [-0.1, -0.05) is 35.9 Å². The fraction of sp³-hybridized carbons (Fsp3) is 0.250. The van der Waals surface area contributed by atoms with Gasteiger partial charge in [-0.05, 0) is 43.5 Å². The summed E-state index contributed by atoms with van der Waals surface area (Å²) in [7, 11) is 0. The number of hydrogen-bond donors (Lipinski definition) is 1. The Labute approximate surface area is 180 Å². The molecule has 0 bridgehead atoms. The fourth-order valence-electron chi connectivity index (χ4n) is 4.48. The van der Waals surface area contributed by atoms with E-state index >= 15 is 0 Å². The van der Waals surface area contributed by atoms with Gasteiger partial charge in [-0.3, -0.25) is 9.20 Å². The Bertz CT molecular complexity index is 1240. The van der Waals surface area contributed by atoms with Crippen molar-refractivity contribution in [2.45, 2.75) is 25.9 Å². The Morgan fingerprint density at radius 3 is 2.40 bits per heavy atom. The van der Waals surface area contributed by atoms with E-state index in [9.17, 15) is 4.79 Å². The first kappa shape index (κ1) is 19.1. The number of aromatic nitrogens is 2. The summed E-state index contributed by atoms with van der Waals surface area (Å²) in [5.41, 5.74) is 2.64. The Kier molecular flexibility index (Phi) is 4.72. The number of amides is 1. The molecule has 5 nitrogen and oxygen atoms in total. The fourth-order valence-corrected chi connectivity index (χ4v) is 4.60. The number of fused-ring (bicyclic) bond motifs is 3. The standard InChI is InChI=1S/C24H23ClN4O/c1-15-12-28(13-16(2)27-15)24(30)21-14-29-22(20-6-4-3-5-19(20)21)11-26-23(29)17-7-9-18(25)10-8-17/h3-11,14-16,27H,12-13H2,1-2H3. The number of rotatable bonds is 2. The maximum Gasteiger partial charge on any atom is 0.256 e. The number of carbonyl (C=O) groups excluding carboxylic acids is 1. The first-order valence-corrected chi connectivity index (χ1v) is 10.6. The first-order chi connectivity index (χ1) is 14.5. The van der Waals surface area contributed by atoms with E-state index in [1.54, 1.807) is 0 Å². The molecular weight excluding hydrogens is 396 g/mol. The number of piperazine rings is 1. The minimum atomic E-state index is 0.0593. The van der Waals surface area contributed by atoms with Gasteiger partial charge in [0.1, 0.15) is 5.82 Å². The van der Waals surface area contributed by atoms with Crippen molar-refractivity contribution in [3.05, 3.63) is 71.5 Å². The second-order valence-electron chi connectivity index (χ2n) is 8.11. The maximum atomic E-state index is 13.6. The number of hydrogen-bond acceptors (Lipinski definition) is 3. The van der Waals surface area contributed by atoms with Crippen LogP contribution in [0.15, 0.2) is 60.9 Å². The van der Waals surface area contributed by atoms with Gasteiger partial charge < -0.3 is 10.2 Å². The van der Waals surface area contributed by atoms with Crippen LogP contribution in [0, 0.1) is 0 Å². The van der Waals surface area contributed by atoms with Crippen LogP contribution in [-0.2, 0) is 0 Å². The van der Waals surface area contributed by atoms with E-state index in [0.717, 1.165) is 27.7 Å². The number of benzene rings is 2. The summed E-state index contributed by atoms with van der Waals surface area (Å²) in [5, 5.41) is 6.15. The van der Waals surface area contributed by atoms with Gasteiger partial charge in [0, 0.05) is 47.3 Å². The molecule has 3 heterocycles. The van der Waals surface area contributed by atoms with Crippen molar-refractivity contribution >= 4 is 33.8 Å². The molecule has 0 saturated carbocycles. The molecular formula is C24H23ClN4O. The monoisotopic (exact) mass is 418 g/mol. The second-order valence-corrected chi connectivity index (χ2v) is 8.55. The largest absolute Gasteiger partial charge is 0.335 e. The van der Waals surface area contributed by atoms with E-state index in [1.807, 2.05) is 64.2 Å². The van der Waals surface area contributed by atoms with Crippen LogP contribution < -0.4 is 5.32 Å². The lowest BCUT2D eigenvalue weighted by molar-refractivity contribution is 0.0675. The van der Waals surface area contributed by atoms with Crippen LogP contribution in [0.3, 0.4) is 0 Å². The molecule has 1 N–H and O–H groups in total. The lowest BCUT2D eigenvalue weighted by atomic mass is 10.0. The number of halogens is 1. The van der Waals surface area contributed by atoms with Gasteiger partial charge in [-0.25, -0.2) is 4.98 Å². The highest BCUT2D eigenvalue weighted by Crippen LogP contribution is 2.29. The van der Waals surface area contributed by atoms with E-state index in [0.29, 0.717) is 23.7 Å². The zero-order valence-electron chi connectivity index (χ0n) is 17.0. The molecule has 0 spiro atoms. The average molecular weight is 419 g/mol. The Hall–Kier alpha value is -2.89. The van der Waals surface area contributed by atoms with E-state index in [4.69, 9.17) is 11.6 Å². The Balaban J connectivity index is 1.69. The number of nitrogens with zero attached hydrogens (tertiary/aromatic N) is 3. The molecule has 5 rings (SSSR count). The van der Waals surface area contributed by atoms with E-state index in [-0.39, 0.29) is 18.0 Å². The van der Waals surface area contributed by atoms with E-state index in [2.05, 4.69) is 30.2 Å². The molecule has 2 aromatic heterocycles. The third-order valence-electron chi connectivity index (χ3n) is 5.73. The molecule has 2 unspecified atom stereocenters. The molecule has 0 aliphatic carbocycles. The topological polar surface area (TPSA) is 49.6 Å². The molecule has 1 fully saturated rings. The summed E-state index contributed by atoms with van der Waals surface area (Å²) in [4.78, 5) is 20.2. The van der Waals surface area contributed by atoms with Crippen molar-refractivity contribution in [1.82, 2.24) is 19.6 Å². The highest BCUT2D eigenvalue weighted by Gasteiger charge is 2.27. The van der Waals surface area contributed by atoms with Crippen LogP contribution in [0.4, 0.5) is 0 Å². The lowest BCUT2D eigenvalue weighted by Gasteiger charge is -2.36. The van der Waals surface area contributed by atoms with Crippen molar-refractivity contribution in [2.75, 3.05) is 13.1 Å². The van der Waals surface area contributed by atoms with Gasteiger partial charge in [0.05, 0.1) is 17.3 Å².